The van der Waals surface area contributed by atoms with Crippen molar-refractivity contribution in [2.45, 2.75) is 33.1 Å². The van der Waals surface area contributed by atoms with Gasteiger partial charge in [-0.25, -0.2) is 4.39 Å². The first-order valence-corrected chi connectivity index (χ1v) is 8.30. The van der Waals surface area contributed by atoms with E-state index in [0.717, 1.165) is 5.57 Å². The molecule has 0 saturated carbocycles. The summed E-state index contributed by atoms with van der Waals surface area (Å²) in [6.45, 7) is 8.99. The van der Waals surface area contributed by atoms with E-state index in [-0.39, 0.29) is 11.6 Å². The topological polar surface area (TPSA) is 54.4 Å². The van der Waals surface area contributed by atoms with Crippen molar-refractivity contribution in [2.75, 3.05) is 0 Å². The molecule has 1 N–H and O–H groups in total. The van der Waals surface area contributed by atoms with Crippen LogP contribution in [0.25, 0.3) is 0 Å². The first-order valence-electron chi connectivity index (χ1n) is 8.30. The Kier molecular flexibility index (Phi) is 4.02. The number of aromatic hydroxyl groups is 1. The van der Waals surface area contributed by atoms with E-state index >= 15 is 0 Å². The highest BCUT2D eigenvalue weighted by Crippen LogP contribution is 2.55. The molecule has 0 saturated heterocycles. The lowest BCUT2D eigenvalue weighted by atomic mass is 9.52. The molecule has 0 heterocycles. The Balaban J connectivity index is 2.26. The monoisotopic (exact) mass is 340 g/mol. The molecule has 1 aromatic carbocycles. The largest absolute Gasteiger partial charge is 0.505 e. The molecule has 25 heavy (non-hydrogen) atoms. The molecule has 0 fully saturated rings. The Labute approximate surface area is 146 Å². The van der Waals surface area contributed by atoms with Crippen molar-refractivity contribution in [3.63, 3.8) is 0 Å². The highest BCUT2D eigenvalue weighted by molar-refractivity contribution is 6.15. The number of rotatable bonds is 2. The molecule has 3 rings (SSSR count). The van der Waals surface area contributed by atoms with Crippen LogP contribution in [0.1, 0.15) is 38.7 Å². The van der Waals surface area contributed by atoms with Gasteiger partial charge in [-0.2, -0.15) is 0 Å². The van der Waals surface area contributed by atoms with Crippen LogP contribution in [0.15, 0.2) is 53.6 Å². The number of allylic oxidation sites excluding steroid dienone is 5. The number of hydrogen-bond donors (Lipinski definition) is 1. The maximum Gasteiger partial charge on any atom is 0.166 e. The van der Waals surface area contributed by atoms with Crippen molar-refractivity contribution in [2.24, 2.45) is 11.3 Å². The Morgan fingerprint density at radius 2 is 1.96 bits per heavy atom. The fourth-order valence-electron chi connectivity index (χ4n) is 4.30. The van der Waals surface area contributed by atoms with Crippen LogP contribution in [0, 0.1) is 17.2 Å². The Hall–Kier alpha value is -2.49. The normalized spacial score (nSPS) is 29.4. The molecule has 1 aromatic rings. The third-order valence-electron chi connectivity index (χ3n) is 5.87. The number of Topliss-reactive ketones (excluding diaryl/α,β-unsaturated/α-hetero) is 2. The summed E-state index contributed by atoms with van der Waals surface area (Å²) in [5, 5.41) is 9.49. The van der Waals surface area contributed by atoms with Gasteiger partial charge in [-0.3, -0.25) is 9.59 Å². The smallest absolute Gasteiger partial charge is 0.166 e. The lowest BCUT2D eigenvalue weighted by Gasteiger charge is -2.48. The number of hydrogen-bond acceptors (Lipinski definition) is 3. The SMILES string of the molecule is C=CC1=CCC2C(=O)C(C)=C(C)C(=O)C2(C)C1c1ccc(O)c(F)c1. The number of benzene rings is 1. The van der Waals surface area contributed by atoms with Gasteiger partial charge in [0.05, 0.1) is 5.41 Å². The molecular weight excluding hydrogens is 319 g/mol. The zero-order valence-electron chi connectivity index (χ0n) is 14.6. The van der Waals surface area contributed by atoms with Gasteiger partial charge in [0.15, 0.2) is 23.1 Å². The molecule has 0 bridgehead atoms. The summed E-state index contributed by atoms with van der Waals surface area (Å²) in [7, 11) is 0. The van der Waals surface area contributed by atoms with Gasteiger partial charge in [0.2, 0.25) is 0 Å². The first-order chi connectivity index (χ1) is 11.7. The van der Waals surface area contributed by atoms with Gasteiger partial charge < -0.3 is 5.11 Å². The molecular formula is C21H21FO3. The molecule has 0 radical (unpaired) electrons. The first kappa shape index (κ1) is 17.3. The van der Waals surface area contributed by atoms with Crippen LogP contribution in [-0.4, -0.2) is 16.7 Å². The van der Waals surface area contributed by atoms with Crippen LogP contribution in [0.5, 0.6) is 5.75 Å². The summed E-state index contributed by atoms with van der Waals surface area (Å²) < 4.78 is 14.0. The fraction of sp³-hybridized carbons (Fsp3) is 0.333. The second-order valence-corrected chi connectivity index (χ2v) is 7.07. The molecule has 3 nitrogen and oxygen atoms in total. The van der Waals surface area contributed by atoms with E-state index in [0.29, 0.717) is 23.1 Å². The van der Waals surface area contributed by atoms with E-state index in [9.17, 15) is 19.1 Å². The lowest BCUT2D eigenvalue weighted by molar-refractivity contribution is -0.138. The van der Waals surface area contributed by atoms with Crippen molar-refractivity contribution < 1.29 is 19.1 Å². The predicted molar refractivity (Wildman–Crippen MR) is 93.7 cm³/mol. The maximum absolute atomic E-state index is 14.0. The second kappa shape index (κ2) is 5.80. The van der Waals surface area contributed by atoms with E-state index < -0.39 is 28.8 Å². The zero-order chi connectivity index (χ0) is 18.5. The van der Waals surface area contributed by atoms with Gasteiger partial charge in [-0.1, -0.05) is 31.7 Å². The van der Waals surface area contributed by atoms with Crippen molar-refractivity contribution in [3.05, 3.63) is 65.0 Å². The van der Waals surface area contributed by atoms with E-state index in [4.69, 9.17) is 0 Å². The zero-order valence-corrected chi connectivity index (χ0v) is 14.6. The summed E-state index contributed by atoms with van der Waals surface area (Å²) in [5.41, 5.74) is 1.35. The van der Waals surface area contributed by atoms with Crippen molar-refractivity contribution >= 4 is 11.6 Å². The second-order valence-electron chi connectivity index (χ2n) is 7.07. The van der Waals surface area contributed by atoms with Crippen molar-refractivity contribution in [1.29, 1.82) is 0 Å². The molecule has 0 aromatic heterocycles. The van der Waals surface area contributed by atoms with Crippen LogP contribution in [0.2, 0.25) is 0 Å². The minimum absolute atomic E-state index is 0.0248. The minimum Gasteiger partial charge on any atom is -0.505 e. The highest BCUT2D eigenvalue weighted by atomic mass is 19.1. The standard InChI is InChI=1S/C21H21FO3/c1-5-13-6-8-15-19(24)11(2)12(3)20(25)21(15,4)18(13)14-7-9-17(23)16(22)10-14/h5-7,9-10,15,18,23H,1,8H2,2-4H3. The van der Waals surface area contributed by atoms with Crippen LogP contribution in [0.3, 0.4) is 0 Å². The molecule has 0 amide bonds. The quantitative estimate of drug-likeness (QED) is 0.876. The molecule has 130 valence electrons. The maximum atomic E-state index is 14.0. The molecule has 3 atom stereocenters. The fourth-order valence-corrected chi connectivity index (χ4v) is 4.30. The van der Waals surface area contributed by atoms with Crippen LogP contribution >= 0.6 is 0 Å². The predicted octanol–water partition coefficient (Wildman–Crippen LogP) is 4.24. The van der Waals surface area contributed by atoms with Gasteiger partial charge in [0.1, 0.15) is 0 Å². The number of halogens is 1. The summed E-state index contributed by atoms with van der Waals surface area (Å²) in [4.78, 5) is 26.1. The average molecular weight is 340 g/mol. The minimum atomic E-state index is -0.998. The summed E-state index contributed by atoms with van der Waals surface area (Å²) in [6.07, 6.45) is 4.03. The van der Waals surface area contributed by atoms with Crippen LogP contribution in [0.4, 0.5) is 4.39 Å². The van der Waals surface area contributed by atoms with Crippen LogP contribution in [-0.2, 0) is 9.59 Å². The third kappa shape index (κ3) is 2.31. The Bertz CT molecular complexity index is 862. The Morgan fingerprint density at radius 1 is 1.28 bits per heavy atom. The van der Waals surface area contributed by atoms with E-state index in [1.165, 1.54) is 12.1 Å². The van der Waals surface area contributed by atoms with Gasteiger partial charge in [-0.15, -0.1) is 0 Å². The van der Waals surface area contributed by atoms with Gasteiger partial charge in [0, 0.05) is 11.8 Å². The average Bonchev–Trinajstić information content (AvgIpc) is 2.60. The number of phenolic OH excluding ortho intramolecular Hbond substituents is 1. The number of phenols is 1. The number of fused-ring (bicyclic) bond motifs is 1. The molecule has 0 spiro atoms. The van der Waals surface area contributed by atoms with E-state index in [1.54, 1.807) is 32.9 Å². The number of carbonyl (C=O) groups is 2. The number of ketones is 2. The van der Waals surface area contributed by atoms with Gasteiger partial charge in [-0.05, 0) is 54.7 Å². The van der Waals surface area contributed by atoms with E-state index in [2.05, 4.69) is 6.58 Å². The van der Waals surface area contributed by atoms with Gasteiger partial charge >= 0.3 is 0 Å². The highest BCUT2D eigenvalue weighted by Gasteiger charge is 2.56. The van der Waals surface area contributed by atoms with Crippen molar-refractivity contribution in [3.8, 4) is 5.75 Å². The summed E-state index contributed by atoms with van der Waals surface area (Å²) in [6, 6.07) is 4.12. The van der Waals surface area contributed by atoms with Crippen LogP contribution < -0.4 is 0 Å². The molecule has 2 aliphatic rings. The summed E-state index contributed by atoms with van der Waals surface area (Å²) >= 11 is 0. The molecule has 0 aliphatic heterocycles. The molecule has 2 aliphatic carbocycles. The molecule has 3 unspecified atom stereocenters. The lowest BCUT2D eigenvalue weighted by Crippen LogP contribution is -2.50. The van der Waals surface area contributed by atoms with E-state index in [1.807, 2.05) is 6.08 Å². The summed E-state index contributed by atoms with van der Waals surface area (Å²) in [5.74, 6) is -2.26. The molecule has 4 heteroatoms. The number of carbonyl (C=O) groups excluding carboxylic acids is 2. The van der Waals surface area contributed by atoms with Gasteiger partial charge in [0.25, 0.3) is 0 Å². The Morgan fingerprint density at radius 3 is 2.56 bits per heavy atom. The third-order valence-corrected chi connectivity index (χ3v) is 5.87. The van der Waals surface area contributed by atoms with Crippen molar-refractivity contribution in [1.82, 2.24) is 0 Å².